The average molecular weight is 166 g/mol. The summed E-state index contributed by atoms with van der Waals surface area (Å²) in [5.74, 6) is 0. The first-order valence-corrected chi connectivity index (χ1v) is 4.04. The maximum absolute atomic E-state index is 6.00. The molecule has 1 heterocycles. The fourth-order valence-electron chi connectivity index (χ4n) is 1.25. The second kappa shape index (κ2) is 2.67. The standard InChI is InChI=1S/C9H8ClN/c10-8-5-6-11-9-4-2-1-3-7(8)9/h1-4H,5-6H2. The topological polar surface area (TPSA) is 12.4 Å². The molecule has 0 radical (unpaired) electrons. The van der Waals surface area contributed by atoms with Gasteiger partial charge in [0.05, 0.1) is 5.36 Å². The van der Waals surface area contributed by atoms with Crippen LogP contribution in [0.15, 0.2) is 29.3 Å². The van der Waals surface area contributed by atoms with E-state index in [4.69, 9.17) is 11.6 Å². The van der Waals surface area contributed by atoms with Gasteiger partial charge in [-0.25, -0.2) is 0 Å². The van der Waals surface area contributed by atoms with E-state index < -0.39 is 0 Å². The van der Waals surface area contributed by atoms with E-state index in [1.54, 1.807) is 0 Å². The lowest BCUT2D eigenvalue weighted by Crippen LogP contribution is -2.29. The Kier molecular flexibility index (Phi) is 1.66. The van der Waals surface area contributed by atoms with Crippen molar-refractivity contribution in [1.82, 2.24) is 0 Å². The summed E-state index contributed by atoms with van der Waals surface area (Å²) in [6, 6.07) is 7.98. The molecule has 2 heteroatoms. The molecular formula is C9H8ClN. The van der Waals surface area contributed by atoms with Crippen molar-refractivity contribution in [3.05, 3.63) is 34.8 Å². The van der Waals surface area contributed by atoms with E-state index in [0.29, 0.717) is 0 Å². The van der Waals surface area contributed by atoms with Gasteiger partial charge in [0.15, 0.2) is 0 Å². The first-order chi connectivity index (χ1) is 5.38. The molecule has 1 aliphatic heterocycles. The molecular weight excluding hydrogens is 158 g/mol. The third-order valence-electron chi connectivity index (χ3n) is 1.81. The van der Waals surface area contributed by atoms with Crippen LogP contribution in [-0.4, -0.2) is 6.54 Å². The Morgan fingerprint density at radius 2 is 2.09 bits per heavy atom. The molecule has 1 aromatic rings. The number of hydrogen-bond acceptors (Lipinski definition) is 1. The molecule has 1 aromatic carbocycles. The average Bonchev–Trinajstić information content (AvgIpc) is 2.06. The molecule has 56 valence electrons. The number of rotatable bonds is 0. The van der Waals surface area contributed by atoms with E-state index in [1.165, 1.54) is 0 Å². The summed E-state index contributed by atoms with van der Waals surface area (Å²) in [5.41, 5.74) is 0. The maximum Gasteiger partial charge on any atom is 0.0658 e. The van der Waals surface area contributed by atoms with Crippen molar-refractivity contribution in [2.45, 2.75) is 6.42 Å². The van der Waals surface area contributed by atoms with Crippen molar-refractivity contribution >= 4 is 16.6 Å². The van der Waals surface area contributed by atoms with E-state index in [-0.39, 0.29) is 0 Å². The molecule has 11 heavy (non-hydrogen) atoms. The van der Waals surface area contributed by atoms with Crippen molar-refractivity contribution in [2.75, 3.05) is 6.54 Å². The Bertz CT molecular complexity index is 381. The van der Waals surface area contributed by atoms with E-state index in [0.717, 1.165) is 28.6 Å². The van der Waals surface area contributed by atoms with Crippen LogP contribution in [0.1, 0.15) is 6.42 Å². The molecule has 0 amide bonds. The van der Waals surface area contributed by atoms with Crippen LogP contribution in [0.2, 0.25) is 0 Å². The van der Waals surface area contributed by atoms with Crippen LogP contribution >= 0.6 is 11.6 Å². The van der Waals surface area contributed by atoms with Crippen LogP contribution in [0, 0.1) is 0 Å². The van der Waals surface area contributed by atoms with Crippen LogP contribution < -0.4 is 10.6 Å². The molecule has 2 rings (SSSR count). The molecule has 0 aliphatic carbocycles. The largest absolute Gasteiger partial charge is 0.284 e. The molecule has 0 unspecified atom stereocenters. The smallest absolute Gasteiger partial charge is 0.0658 e. The molecule has 0 spiro atoms. The number of nitrogens with zero attached hydrogens (tertiary/aromatic N) is 1. The van der Waals surface area contributed by atoms with Gasteiger partial charge in [-0.2, -0.15) is 0 Å². The summed E-state index contributed by atoms with van der Waals surface area (Å²) in [5, 5.41) is 3.07. The summed E-state index contributed by atoms with van der Waals surface area (Å²) in [6.07, 6.45) is 0.887. The van der Waals surface area contributed by atoms with Crippen LogP contribution in [0.25, 0.3) is 5.03 Å². The van der Waals surface area contributed by atoms with Gasteiger partial charge >= 0.3 is 0 Å². The lowest BCUT2D eigenvalue weighted by Gasteiger charge is -2.02. The quantitative estimate of drug-likeness (QED) is 0.545. The third kappa shape index (κ3) is 1.16. The Labute approximate surface area is 70.0 Å². The summed E-state index contributed by atoms with van der Waals surface area (Å²) in [6.45, 7) is 0.829. The molecule has 0 N–H and O–H groups in total. The minimum atomic E-state index is 0.829. The van der Waals surface area contributed by atoms with Crippen LogP contribution in [0.3, 0.4) is 0 Å². The summed E-state index contributed by atoms with van der Waals surface area (Å²) in [4.78, 5) is 4.34. The Morgan fingerprint density at radius 3 is 2.91 bits per heavy atom. The summed E-state index contributed by atoms with van der Waals surface area (Å²) >= 11 is 6.00. The predicted octanol–water partition coefficient (Wildman–Crippen LogP) is 1.06. The van der Waals surface area contributed by atoms with Gasteiger partial charge in [0.25, 0.3) is 0 Å². The highest BCUT2D eigenvalue weighted by Gasteiger charge is 2.00. The summed E-state index contributed by atoms with van der Waals surface area (Å²) < 4.78 is 0. The number of fused-ring (bicyclic) bond motifs is 1. The van der Waals surface area contributed by atoms with Gasteiger partial charge < -0.3 is 0 Å². The fraction of sp³-hybridized carbons (Fsp3) is 0.222. The molecule has 0 bridgehead atoms. The molecule has 0 saturated carbocycles. The lowest BCUT2D eigenvalue weighted by atomic mass is 10.2. The van der Waals surface area contributed by atoms with Crippen molar-refractivity contribution in [1.29, 1.82) is 0 Å². The SMILES string of the molecule is ClC1=c2ccccc2=NCC1. The van der Waals surface area contributed by atoms with E-state index in [9.17, 15) is 0 Å². The van der Waals surface area contributed by atoms with Crippen molar-refractivity contribution in [3.63, 3.8) is 0 Å². The normalized spacial score (nSPS) is 15.5. The fourth-order valence-corrected chi connectivity index (χ4v) is 1.49. The molecule has 0 aromatic heterocycles. The van der Waals surface area contributed by atoms with Gasteiger partial charge in [0.1, 0.15) is 0 Å². The molecule has 1 nitrogen and oxygen atoms in total. The Balaban J connectivity index is 2.89. The first-order valence-electron chi connectivity index (χ1n) is 3.66. The predicted molar refractivity (Wildman–Crippen MR) is 46.0 cm³/mol. The monoisotopic (exact) mass is 165 g/mol. The number of hydrogen-bond donors (Lipinski definition) is 0. The van der Waals surface area contributed by atoms with Gasteiger partial charge in [-0.15, -0.1) is 0 Å². The van der Waals surface area contributed by atoms with Gasteiger partial charge in [0, 0.05) is 23.2 Å². The van der Waals surface area contributed by atoms with Gasteiger partial charge in [-0.05, 0) is 6.07 Å². The molecule has 1 aliphatic rings. The van der Waals surface area contributed by atoms with Crippen LogP contribution in [0.5, 0.6) is 0 Å². The van der Waals surface area contributed by atoms with Gasteiger partial charge in [-0.1, -0.05) is 29.8 Å². The molecule has 0 saturated heterocycles. The van der Waals surface area contributed by atoms with E-state index in [1.807, 2.05) is 24.3 Å². The first kappa shape index (κ1) is 6.86. The number of halogens is 1. The van der Waals surface area contributed by atoms with Crippen molar-refractivity contribution in [3.8, 4) is 0 Å². The van der Waals surface area contributed by atoms with Crippen molar-refractivity contribution in [2.24, 2.45) is 4.99 Å². The molecule has 0 atom stereocenters. The Morgan fingerprint density at radius 1 is 1.27 bits per heavy atom. The molecule has 0 fully saturated rings. The van der Waals surface area contributed by atoms with E-state index in [2.05, 4.69) is 4.99 Å². The minimum absolute atomic E-state index is 0.829. The maximum atomic E-state index is 6.00. The van der Waals surface area contributed by atoms with Crippen LogP contribution in [-0.2, 0) is 0 Å². The van der Waals surface area contributed by atoms with Gasteiger partial charge in [-0.3, -0.25) is 4.99 Å². The van der Waals surface area contributed by atoms with Crippen LogP contribution in [0.4, 0.5) is 0 Å². The number of para-hydroxylation sites is 1. The zero-order valence-corrected chi connectivity index (χ0v) is 6.80. The minimum Gasteiger partial charge on any atom is -0.284 e. The number of benzene rings is 1. The Hall–Kier alpha value is -0.820. The highest BCUT2D eigenvalue weighted by atomic mass is 35.5. The zero-order chi connectivity index (χ0) is 7.68. The second-order valence-electron chi connectivity index (χ2n) is 2.55. The van der Waals surface area contributed by atoms with Crippen molar-refractivity contribution < 1.29 is 0 Å². The third-order valence-corrected chi connectivity index (χ3v) is 2.20. The summed E-state index contributed by atoms with van der Waals surface area (Å²) in [7, 11) is 0. The second-order valence-corrected chi connectivity index (χ2v) is 3.01. The van der Waals surface area contributed by atoms with Gasteiger partial charge in [0.2, 0.25) is 0 Å². The highest BCUT2D eigenvalue weighted by molar-refractivity contribution is 6.45. The lowest BCUT2D eigenvalue weighted by molar-refractivity contribution is 0.953. The zero-order valence-electron chi connectivity index (χ0n) is 6.05. The highest BCUT2D eigenvalue weighted by Crippen LogP contribution is 2.06. The van der Waals surface area contributed by atoms with E-state index >= 15 is 0 Å².